The average molecular weight is 481 g/mol. The molecule has 34 heavy (non-hydrogen) atoms. The predicted molar refractivity (Wildman–Crippen MR) is 127 cm³/mol. The topological polar surface area (TPSA) is 94.5 Å². The minimum atomic E-state index is -4.04. The van der Waals surface area contributed by atoms with E-state index in [0.717, 1.165) is 28.2 Å². The monoisotopic (exact) mass is 480 g/mol. The number of methoxy groups -OCH3 is 2. The molecule has 0 fully saturated rings. The zero-order valence-corrected chi connectivity index (χ0v) is 19.8. The zero-order valence-electron chi connectivity index (χ0n) is 19.0. The third kappa shape index (κ3) is 4.74. The second-order valence-electron chi connectivity index (χ2n) is 7.74. The molecule has 4 rings (SSSR count). The van der Waals surface area contributed by atoms with E-state index in [9.17, 15) is 13.2 Å². The van der Waals surface area contributed by atoms with E-state index in [1.54, 1.807) is 31.4 Å². The first-order valence-corrected chi connectivity index (χ1v) is 11.9. The van der Waals surface area contributed by atoms with Gasteiger partial charge in [-0.05, 0) is 66.6 Å². The van der Waals surface area contributed by atoms with Gasteiger partial charge < -0.3 is 13.7 Å². The Bertz CT molecular complexity index is 1320. The van der Waals surface area contributed by atoms with E-state index >= 15 is 0 Å². The summed E-state index contributed by atoms with van der Waals surface area (Å²) in [4.78, 5) is 11.8. The molecule has 3 aromatic rings. The highest BCUT2D eigenvalue weighted by Crippen LogP contribution is 2.37. The van der Waals surface area contributed by atoms with Crippen molar-refractivity contribution in [3.63, 3.8) is 0 Å². The lowest BCUT2D eigenvalue weighted by Gasteiger charge is -2.19. The molecule has 176 valence electrons. The lowest BCUT2D eigenvalue weighted by atomic mass is 9.98. The first kappa shape index (κ1) is 23.3. The summed E-state index contributed by atoms with van der Waals surface area (Å²) in [6.45, 7) is 1.87. The Morgan fingerprint density at radius 2 is 1.65 bits per heavy atom. The Balaban J connectivity index is 1.58. The van der Waals surface area contributed by atoms with Gasteiger partial charge in [0.1, 0.15) is 10.6 Å². The van der Waals surface area contributed by atoms with Crippen molar-refractivity contribution < 1.29 is 26.9 Å². The molecule has 0 bridgehead atoms. The lowest BCUT2D eigenvalue weighted by molar-refractivity contribution is -0.119. The van der Waals surface area contributed by atoms with Crippen molar-refractivity contribution in [2.45, 2.75) is 24.3 Å². The van der Waals surface area contributed by atoms with Gasteiger partial charge in [0.2, 0.25) is 6.41 Å². The highest BCUT2D eigenvalue weighted by molar-refractivity contribution is 7.87. The SMILES string of the molecule is COc1ccc(C2=NN(C=O)C(c3ccc(OS(=O)(=O)c4ccc(C)cc4)c(OC)c3)C2)cc1. The van der Waals surface area contributed by atoms with E-state index in [0.29, 0.717) is 12.8 Å². The van der Waals surface area contributed by atoms with E-state index < -0.39 is 10.1 Å². The van der Waals surface area contributed by atoms with E-state index in [2.05, 4.69) is 5.10 Å². The molecule has 0 aromatic heterocycles. The maximum absolute atomic E-state index is 12.7. The van der Waals surface area contributed by atoms with Crippen LogP contribution in [-0.4, -0.2) is 39.8 Å². The van der Waals surface area contributed by atoms with Crippen LogP contribution in [0.5, 0.6) is 17.2 Å². The van der Waals surface area contributed by atoms with Gasteiger partial charge in [-0.15, -0.1) is 0 Å². The lowest BCUT2D eigenvalue weighted by Crippen LogP contribution is -2.17. The van der Waals surface area contributed by atoms with Crippen molar-refractivity contribution in [1.29, 1.82) is 0 Å². The fourth-order valence-electron chi connectivity index (χ4n) is 3.68. The zero-order chi connectivity index (χ0) is 24.3. The number of amides is 1. The smallest absolute Gasteiger partial charge is 0.339 e. The Morgan fingerprint density at radius 1 is 0.941 bits per heavy atom. The summed E-state index contributed by atoms with van der Waals surface area (Å²) < 4.78 is 41.4. The summed E-state index contributed by atoms with van der Waals surface area (Å²) in [6.07, 6.45) is 1.15. The molecular formula is C25H24N2O6S. The van der Waals surface area contributed by atoms with E-state index in [4.69, 9.17) is 13.7 Å². The fraction of sp³-hybridized carbons (Fsp3) is 0.200. The molecule has 1 heterocycles. The summed E-state index contributed by atoms with van der Waals surface area (Å²) in [5.74, 6) is 1.02. The Kier molecular flexibility index (Phi) is 6.56. The van der Waals surface area contributed by atoms with Crippen molar-refractivity contribution in [2.75, 3.05) is 14.2 Å². The van der Waals surface area contributed by atoms with E-state index in [1.807, 2.05) is 31.2 Å². The van der Waals surface area contributed by atoms with Gasteiger partial charge in [-0.2, -0.15) is 13.5 Å². The summed E-state index contributed by atoms with van der Waals surface area (Å²) in [6, 6.07) is 18.3. The molecule has 9 heteroatoms. The van der Waals surface area contributed by atoms with Gasteiger partial charge in [-0.1, -0.05) is 23.8 Å². The van der Waals surface area contributed by atoms with Gasteiger partial charge in [0, 0.05) is 6.42 Å². The second kappa shape index (κ2) is 9.56. The fourth-order valence-corrected chi connectivity index (χ4v) is 4.62. The van der Waals surface area contributed by atoms with Gasteiger partial charge in [-0.3, -0.25) is 4.79 Å². The Hall–Kier alpha value is -3.85. The molecule has 1 unspecified atom stereocenters. The number of hydrogen-bond acceptors (Lipinski definition) is 7. The van der Waals surface area contributed by atoms with E-state index in [1.165, 1.54) is 30.3 Å². The van der Waals surface area contributed by atoms with Crippen molar-refractivity contribution in [1.82, 2.24) is 5.01 Å². The molecule has 0 saturated carbocycles. The number of ether oxygens (including phenoxy) is 2. The molecular weight excluding hydrogens is 456 g/mol. The van der Waals surface area contributed by atoms with Crippen molar-refractivity contribution >= 4 is 22.2 Å². The first-order valence-electron chi connectivity index (χ1n) is 10.5. The molecule has 8 nitrogen and oxygen atoms in total. The van der Waals surface area contributed by atoms with Crippen LogP contribution in [0.2, 0.25) is 0 Å². The van der Waals surface area contributed by atoms with Gasteiger partial charge in [0.25, 0.3) is 0 Å². The minimum Gasteiger partial charge on any atom is -0.497 e. The number of hydrazone groups is 1. The predicted octanol–water partition coefficient (Wildman–Crippen LogP) is 4.09. The van der Waals surface area contributed by atoms with Crippen LogP contribution < -0.4 is 13.7 Å². The van der Waals surface area contributed by atoms with Crippen LogP contribution in [0, 0.1) is 6.92 Å². The maximum Gasteiger partial charge on any atom is 0.339 e. The number of nitrogens with zero attached hydrogens (tertiary/aromatic N) is 2. The molecule has 0 saturated heterocycles. The Morgan fingerprint density at radius 3 is 2.26 bits per heavy atom. The largest absolute Gasteiger partial charge is 0.497 e. The van der Waals surface area contributed by atoms with Crippen LogP contribution in [0.4, 0.5) is 0 Å². The third-order valence-corrected chi connectivity index (χ3v) is 6.80. The number of hydrogen-bond donors (Lipinski definition) is 0. The minimum absolute atomic E-state index is 0.0460. The first-order chi connectivity index (χ1) is 16.3. The van der Waals surface area contributed by atoms with Gasteiger partial charge in [0.15, 0.2) is 11.5 Å². The molecule has 3 aromatic carbocycles. The van der Waals surface area contributed by atoms with Crippen molar-refractivity contribution in [3.8, 4) is 17.2 Å². The molecule has 1 aliphatic rings. The molecule has 1 atom stereocenters. The number of benzene rings is 3. The number of carbonyl (C=O) groups is 1. The normalized spacial score (nSPS) is 15.6. The van der Waals surface area contributed by atoms with Crippen LogP contribution in [0.1, 0.15) is 29.2 Å². The summed E-state index contributed by atoms with van der Waals surface area (Å²) >= 11 is 0. The molecule has 0 radical (unpaired) electrons. The summed E-state index contributed by atoms with van der Waals surface area (Å²) in [5.41, 5.74) is 3.30. The van der Waals surface area contributed by atoms with Gasteiger partial charge >= 0.3 is 10.1 Å². The standard InChI is InChI=1S/C25H24N2O6S/c1-17-4-11-21(12-5-17)34(29,30)33-24-13-8-19(14-25(24)32-3)23-15-22(26-27(23)16-28)18-6-9-20(31-2)10-7-18/h4-14,16,23H,15H2,1-3H3. The highest BCUT2D eigenvalue weighted by Gasteiger charge is 2.30. The second-order valence-corrected chi connectivity index (χ2v) is 9.29. The highest BCUT2D eigenvalue weighted by atomic mass is 32.2. The summed E-state index contributed by atoms with van der Waals surface area (Å²) in [7, 11) is -1.02. The van der Waals surface area contributed by atoms with Gasteiger partial charge in [0.05, 0.1) is 26.0 Å². The number of aryl methyl sites for hydroxylation is 1. The summed E-state index contributed by atoms with van der Waals surface area (Å²) in [5, 5.41) is 5.79. The average Bonchev–Trinajstić information content (AvgIpc) is 3.29. The van der Waals surface area contributed by atoms with Crippen LogP contribution in [0.15, 0.2) is 76.7 Å². The Labute approximate surface area is 198 Å². The van der Waals surface area contributed by atoms with Crippen LogP contribution >= 0.6 is 0 Å². The van der Waals surface area contributed by atoms with E-state index in [-0.39, 0.29) is 22.4 Å². The van der Waals surface area contributed by atoms with Crippen LogP contribution in [0.3, 0.4) is 0 Å². The molecule has 1 aliphatic heterocycles. The molecule has 0 spiro atoms. The van der Waals surface area contributed by atoms with Crippen LogP contribution in [0.25, 0.3) is 0 Å². The quantitative estimate of drug-likeness (QED) is 0.356. The molecule has 0 N–H and O–H groups in total. The molecule has 0 aliphatic carbocycles. The van der Waals surface area contributed by atoms with Gasteiger partial charge in [-0.25, -0.2) is 5.01 Å². The third-order valence-electron chi connectivity index (χ3n) is 5.56. The maximum atomic E-state index is 12.7. The molecule has 1 amide bonds. The number of rotatable bonds is 8. The van der Waals surface area contributed by atoms with Crippen LogP contribution in [-0.2, 0) is 14.9 Å². The van der Waals surface area contributed by atoms with Crippen molar-refractivity contribution in [2.24, 2.45) is 5.10 Å². The van der Waals surface area contributed by atoms with Crippen molar-refractivity contribution in [3.05, 3.63) is 83.4 Å². The number of carbonyl (C=O) groups excluding carboxylic acids is 1.